The molecule has 0 fully saturated rings. The van der Waals surface area contributed by atoms with Crippen LogP contribution in [0.25, 0.3) is 0 Å². The summed E-state index contributed by atoms with van der Waals surface area (Å²) >= 11 is 0. The standard InChI is InChI=1S/C19H17N3O2/c23-18-10-14(13-5-2-1-3-6-13)9-17-16(18)12-21-19(22-17)20-11-15-7-4-8-24-15/h1-8,12,14H,9-11H2,(H,20,21,22)/t14-/m0/s1. The van der Waals surface area contributed by atoms with Crippen LogP contribution < -0.4 is 5.32 Å². The monoisotopic (exact) mass is 319 g/mol. The fourth-order valence-corrected chi connectivity index (χ4v) is 3.07. The van der Waals surface area contributed by atoms with E-state index in [1.54, 1.807) is 12.5 Å². The lowest BCUT2D eigenvalue weighted by molar-refractivity contribution is 0.0962. The van der Waals surface area contributed by atoms with Crippen LogP contribution >= 0.6 is 0 Å². The number of hydrogen-bond acceptors (Lipinski definition) is 5. The largest absolute Gasteiger partial charge is 0.467 e. The maximum absolute atomic E-state index is 12.4. The number of carbonyl (C=O) groups is 1. The van der Waals surface area contributed by atoms with Crippen LogP contribution in [0.15, 0.2) is 59.3 Å². The molecule has 0 saturated heterocycles. The van der Waals surface area contributed by atoms with Crippen LogP contribution in [0.1, 0.15) is 39.7 Å². The summed E-state index contributed by atoms with van der Waals surface area (Å²) in [4.78, 5) is 21.2. The van der Waals surface area contributed by atoms with Gasteiger partial charge in [0.15, 0.2) is 5.78 Å². The van der Waals surface area contributed by atoms with Gasteiger partial charge in [0.05, 0.1) is 24.1 Å². The van der Waals surface area contributed by atoms with Crippen LogP contribution in [-0.4, -0.2) is 15.8 Å². The number of carbonyl (C=O) groups excluding carboxylic acids is 1. The first kappa shape index (κ1) is 14.6. The van der Waals surface area contributed by atoms with Gasteiger partial charge in [0.25, 0.3) is 0 Å². The van der Waals surface area contributed by atoms with Crippen molar-refractivity contribution in [3.8, 4) is 0 Å². The van der Waals surface area contributed by atoms with Gasteiger partial charge in [-0.25, -0.2) is 9.97 Å². The molecule has 4 rings (SSSR count). The zero-order valence-corrected chi connectivity index (χ0v) is 13.1. The molecule has 5 heteroatoms. The number of nitrogens with one attached hydrogen (secondary N) is 1. The number of hydrogen-bond donors (Lipinski definition) is 1. The van der Waals surface area contributed by atoms with E-state index in [0.717, 1.165) is 17.9 Å². The van der Waals surface area contributed by atoms with Gasteiger partial charge >= 0.3 is 0 Å². The van der Waals surface area contributed by atoms with Crippen LogP contribution in [0, 0.1) is 0 Å². The van der Waals surface area contributed by atoms with Gasteiger partial charge < -0.3 is 9.73 Å². The summed E-state index contributed by atoms with van der Waals surface area (Å²) in [6.45, 7) is 0.516. The van der Waals surface area contributed by atoms with Gasteiger partial charge in [-0.3, -0.25) is 4.79 Å². The Morgan fingerprint density at radius 3 is 2.79 bits per heavy atom. The molecule has 3 aromatic rings. The smallest absolute Gasteiger partial charge is 0.223 e. The summed E-state index contributed by atoms with van der Waals surface area (Å²) < 4.78 is 5.29. The first-order valence-electron chi connectivity index (χ1n) is 8.00. The Morgan fingerprint density at radius 1 is 1.12 bits per heavy atom. The SMILES string of the molecule is O=C1C[C@@H](c2ccccc2)Cc2nc(NCc3ccco3)ncc21. The molecule has 24 heavy (non-hydrogen) atoms. The lowest BCUT2D eigenvalue weighted by Gasteiger charge is -2.23. The highest BCUT2D eigenvalue weighted by atomic mass is 16.3. The number of aromatic nitrogens is 2. The third kappa shape index (κ3) is 2.93. The summed E-state index contributed by atoms with van der Waals surface area (Å²) in [6.07, 6.45) is 4.53. The molecule has 120 valence electrons. The van der Waals surface area contributed by atoms with E-state index in [1.165, 1.54) is 5.56 Å². The van der Waals surface area contributed by atoms with Crippen LogP contribution in [0.3, 0.4) is 0 Å². The molecule has 0 spiro atoms. The third-order valence-corrected chi connectivity index (χ3v) is 4.31. The summed E-state index contributed by atoms with van der Waals surface area (Å²) in [7, 11) is 0. The maximum atomic E-state index is 12.4. The number of benzene rings is 1. The molecule has 0 saturated carbocycles. The van der Waals surface area contributed by atoms with Gasteiger partial charge in [-0.1, -0.05) is 30.3 Å². The predicted molar refractivity (Wildman–Crippen MR) is 89.9 cm³/mol. The zero-order valence-electron chi connectivity index (χ0n) is 13.1. The van der Waals surface area contributed by atoms with Crippen molar-refractivity contribution in [2.45, 2.75) is 25.3 Å². The number of furan rings is 1. The highest BCUT2D eigenvalue weighted by Crippen LogP contribution is 2.31. The van der Waals surface area contributed by atoms with E-state index in [2.05, 4.69) is 27.4 Å². The van der Waals surface area contributed by atoms with E-state index in [0.29, 0.717) is 24.5 Å². The van der Waals surface area contributed by atoms with Gasteiger partial charge in [0.2, 0.25) is 5.95 Å². The first-order valence-corrected chi connectivity index (χ1v) is 8.00. The molecule has 1 aliphatic carbocycles. The maximum Gasteiger partial charge on any atom is 0.223 e. The summed E-state index contributed by atoms with van der Waals surface area (Å²) in [5, 5.41) is 3.14. The molecule has 2 heterocycles. The van der Waals surface area contributed by atoms with Gasteiger partial charge in [0, 0.05) is 12.6 Å². The number of ketones is 1. The molecular formula is C19H17N3O2. The van der Waals surface area contributed by atoms with Gasteiger partial charge in [-0.2, -0.15) is 0 Å². The third-order valence-electron chi connectivity index (χ3n) is 4.31. The van der Waals surface area contributed by atoms with Gasteiger partial charge in [-0.15, -0.1) is 0 Å². The zero-order chi connectivity index (χ0) is 16.4. The fraction of sp³-hybridized carbons (Fsp3) is 0.211. The fourth-order valence-electron chi connectivity index (χ4n) is 3.07. The molecule has 1 aromatic carbocycles. The molecule has 0 aliphatic heterocycles. The minimum Gasteiger partial charge on any atom is -0.467 e. The Bertz CT molecular complexity index is 844. The second kappa shape index (κ2) is 6.28. The summed E-state index contributed by atoms with van der Waals surface area (Å²) in [5.74, 6) is 1.63. The quantitative estimate of drug-likeness (QED) is 0.796. The van der Waals surface area contributed by atoms with E-state index < -0.39 is 0 Å². The van der Waals surface area contributed by atoms with Crippen molar-refractivity contribution in [3.05, 3.63) is 77.5 Å². The normalized spacial score (nSPS) is 16.7. The van der Waals surface area contributed by atoms with E-state index in [-0.39, 0.29) is 11.7 Å². The molecule has 1 atom stereocenters. The van der Waals surface area contributed by atoms with Crippen LogP contribution in [0.2, 0.25) is 0 Å². The minimum absolute atomic E-state index is 0.114. The molecule has 2 aromatic heterocycles. The second-order valence-electron chi connectivity index (χ2n) is 5.93. The van der Waals surface area contributed by atoms with Crippen LogP contribution in [0.4, 0.5) is 5.95 Å². The Hall–Kier alpha value is -2.95. The van der Waals surface area contributed by atoms with Crippen LogP contribution in [0.5, 0.6) is 0 Å². The van der Waals surface area contributed by atoms with Crippen LogP contribution in [-0.2, 0) is 13.0 Å². The molecule has 1 N–H and O–H groups in total. The van der Waals surface area contributed by atoms with E-state index in [9.17, 15) is 4.79 Å². The van der Waals surface area contributed by atoms with Crippen molar-refractivity contribution < 1.29 is 9.21 Å². The molecule has 0 amide bonds. The van der Waals surface area contributed by atoms with E-state index in [1.807, 2.05) is 30.3 Å². The molecular weight excluding hydrogens is 302 g/mol. The van der Waals surface area contributed by atoms with Crippen molar-refractivity contribution in [3.63, 3.8) is 0 Å². The van der Waals surface area contributed by atoms with Crippen molar-refractivity contribution >= 4 is 11.7 Å². The topological polar surface area (TPSA) is 68.0 Å². The molecule has 5 nitrogen and oxygen atoms in total. The summed E-state index contributed by atoms with van der Waals surface area (Å²) in [6, 6.07) is 13.9. The second-order valence-corrected chi connectivity index (χ2v) is 5.93. The average molecular weight is 319 g/mol. The number of nitrogens with zero attached hydrogens (tertiary/aromatic N) is 2. The van der Waals surface area contributed by atoms with Gasteiger partial charge in [-0.05, 0) is 30.0 Å². The van der Waals surface area contributed by atoms with Crippen molar-refractivity contribution in [2.75, 3.05) is 5.32 Å². The Labute approximate surface area is 139 Å². The molecule has 0 unspecified atom stereocenters. The van der Waals surface area contributed by atoms with Gasteiger partial charge in [0.1, 0.15) is 5.76 Å². The Morgan fingerprint density at radius 2 is 2.00 bits per heavy atom. The first-order chi connectivity index (χ1) is 11.8. The number of rotatable bonds is 4. The van der Waals surface area contributed by atoms with E-state index in [4.69, 9.17) is 4.42 Å². The summed E-state index contributed by atoms with van der Waals surface area (Å²) in [5.41, 5.74) is 2.64. The molecule has 0 radical (unpaired) electrons. The number of Topliss-reactive ketones (excluding diaryl/α,β-unsaturated/α-hetero) is 1. The lowest BCUT2D eigenvalue weighted by Crippen LogP contribution is -2.21. The van der Waals surface area contributed by atoms with Crippen molar-refractivity contribution in [1.29, 1.82) is 0 Å². The molecule has 0 bridgehead atoms. The predicted octanol–water partition coefficient (Wildman–Crippen LogP) is 3.59. The highest BCUT2D eigenvalue weighted by Gasteiger charge is 2.27. The molecule has 1 aliphatic rings. The lowest BCUT2D eigenvalue weighted by atomic mass is 9.82. The number of fused-ring (bicyclic) bond motifs is 1. The van der Waals surface area contributed by atoms with Crippen molar-refractivity contribution in [2.24, 2.45) is 0 Å². The van der Waals surface area contributed by atoms with Crippen molar-refractivity contribution in [1.82, 2.24) is 9.97 Å². The Balaban J connectivity index is 1.55. The highest BCUT2D eigenvalue weighted by molar-refractivity contribution is 5.98. The Kier molecular flexibility index (Phi) is 3.83. The van der Waals surface area contributed by atoms with E-state index >= 15 is 0 Å². The minimum atomic E-state index is 0.114. The number of anilines is 1. The average Bonchev–Trinajstić information content (AvgIpc) is 3.14.